The van der Waals surface area contributed by atoms with Crippen LogP contribution in [0.3, 0.4) is 0 Å². The Morgan fingerprint density at radius 3 is 2.63 bits per heavy atom. The molecule has 1 rings (SSSR count). The molecule has 0 aliphatic rings. The lowest BCUT2D eigenvalue weighted by molar-refractivity contribution is 0.0941. The summed E-state index contributed by atoms with van der Waals surface area (Å²) >= 11 is 0. The smallest absolute Gasteiger partial charge is 0.271 e. The van der Waals surface area contributed by atoms with Gasteiger partial charge in [0.1, 0.15) is 11.5 Å². The van der Waals surface area contributed by atoms with Crippen molar-refractivity contribution in [2.24, 2.45) is 5.92 Å². The molecule has 106 valence electrons. The van der Waals surface area contributed by atoms with Crippen LogP contribution in [0.15, 0.2) is 12.4 Å². The molecule has 0 saturated carbocycles. The van der Waals surface area contributed by atoms with E-state index in [1.807, 2.05) is 0 Å². The molecule has 5 heteroatoms. The van der Waals surface area contributed by atoms with Crippen LogP contribution in [0.5, 0.6) is 0 Å². The number of hydrogen-bond donors (Lipinski definition) is 2. The van der Waals surface area contributed by atoms with Crippen molar-refractivity contribution in [1.82, 2.24) is 15.3 Å². The second-order valence-electron chi connectivity index (χ2n) is 4.61. The van der Waals surface area contributed by atoms with Gasteiger partial charge in [-0.15, -0.1) is 0 Å². The van der Waals surface area contributed by atoms with Crippen LogP contribution in [0.25, 0.3) is 0 Å². The van der Waals surface area contributed by atoms with Gasteiger partial charge in [0, 0.05) is 13.1 Å². The van der Waals surface area contributed by atoms with Crippen LogP contribution in [-0.2, 0) is 0 Å². The van der Waals surface area contributed by atoms with Gasteiger partial charge < -0.3 is 10.6 Å². The standard InChI is InChI=1S/C14H24N4O/c1-4-7-16-13-10-15-9-12(18-13)14(19)17-8-11(5-2)6-3/h9-11H,4-8H2,1-3H3,(H,16,18)(H,17,19). The number of carbonyl (C=O) groups excluding carboxylic acids is 1. The zero-order valence-electron chi connectivity index (χ0n) is 12.1. The molecule has 2 N–H and O–H groups in total. The molecule has 1 aromatic heterocycles. The van der Waals surface area contributed by atoms with E-state index in [9.17, 15) is 4.79 Å². The normalized spacial score (nSPS) is 10.5. The molecule has 1 aromatic rings. The van der Waals surface area contributed by atoms with Crippen molar-refractivity contribution < 1.29 is 4.79 Å². The first kappa shape index (κ1) is 15.4. The maximum absolute atomic E-state index is 12.0. The van der Waals surface area contributed by atoms with Gasteiger partial charge in [0.15, 0.2) is 0 Å². The van der Waals surface area contributed by atoms with Crippen molar-refractivity contribution in [3.05, 3.63) is 18.1 Å². The first-order valence-corrected chi connectivity index (χ1v) is 7.05. The molecular formula is C14H24N4O. The van der Waals surface area contributed by atoms with Gasteiger partial charge in [-0.1, -0.05) is 33.6 Å². The minimum absolute atomic E-state index is 0.153. The van der Waals surface area contributed by atoms with Gasteiger partial charge in [0.2, 0.25) is 0 Å². The fraction of sp³-hybridized carbons (Fsp3) is 0.643. The van der Waals surface area contributed by atoms with E-state index in [4.69, 9.17) is 0 Å². The van der Waals surface area contributed by atoms with Crippen molar-refractivity contribution in [2.75, 3.05) is 18.4 Å². The van der Waals surface area contributed by atoms with Crippen molar-refractivity contribution in [3.8, 4) is 0 Å². The number of nitrogens with one attached hydrogen (secondary N) is 2. The lowest BCUT2D eigenvalue weighted by Gasteiger charge is -2.13. The molecule has 0 radical (unpaired) electrons. The Morgan fingerprint density at radius 2 is 2.00 bits per heavy atom. The monoisotopic (exact) mass is 264 g/mol. The fourth-order valence-corrected chi connectivity index (χ4v) is 1.72. The predicted molar refractivity (Wildman–Crippen MR) is 77.2 cm³/mol. The van der Waals surface area contributed by atoms with Crippen molar-refractivity contribution >= 4 is 11.7 Å². The minimum Gasteiger partial charge on any atom is -0.369 e. The molecule has 0 bridgehead atoms. The highest BCUT2D eigenvalue weighted by atomic mass is 16.1. The number of aromatic nitrogens is 2. The second kappa shape index (κ2) is 8.45. The van der Waals surface area contributed by atoms with Gasteiger partial charge in [-0.05, 0) is 12.3 Å². The average Bonchev–Trinajstić information content (AvgIpc) is 2.46. The highest BCUT2D eigenvalue weighted by molar-refractivity contribution is 5.92. The fourth-order valence-electron chi connectivity index (χ4n) is 1.72. The Hall–Kier alpha value is -1.65. The van der Waals surface area contributed by atoms with E-state index in [0.717, 1.165) is 25.8 Å². The first-order valence-electron chi connectivity index (χ1n) is 7.05. The molecule has 0 atom stereocenters. The largest absolute Gasteiger partial charge is 0.369 e. The Labute approximate surface area is 115 Å². The molecule has 0 aliphatic heterocycles. The number of rotatable bonds is 8. The van der Waals surface area contributed by atoms with E-state index < -0.39 is 0 Å². The maximum Gasteiger partial charge on any atom is 0.271 e. The molecule has 0 aromatic carbocycles. The molecule has 19 heavy (non-hydrogen) atoms. The van der Waals surface area contributed by atoms with Gasteiger partial charge in [-0.3, -0.25) is 9.78 Å². The van der Waals surface area contributed by atoms with Gasteiger partial charge >= 0.3 is 0 Å². The predicted octanol–water partition coefficient (Wildman–Crippen LogP) is 2.46. The summed E-state index contributed by atoms with van der Waals surface area (Å²) in [7, 11) is 0. The summed E-state index contributed by atoms with van der Waals surface area (Å²) in [5.41, 5.74) is 0.368. The second-order valence-corrected chi connectivity index (χ2v) is 4.61. The summed E-state index contributed by atoms with van der Waals surface area (Å²) in [4.78, 5) is 20.3. The molecule has 0 unspecified atom stereocenters. The third kappa shape index (κ3) is 5.24. The Bertz CT molecular complexity index is 391. The average molecular weight is 264 g/mol. The lowest BCUT2D eigenvalue weighted by Crippen LogP contribution is -2.29. The van der Waals surface area contributed by atoms with Crippen molar-refractivity contribution in [3.63, 3.8) is 0 Å². The molecule has 0 spiro atoms. The van der Waals surface area contributed by atoms with Crippen molar-refractivity contribution in [2.45, 2.75) is 40.0 Å². The summed E-state index contributed by atoms with van der Waals surface area (Å²) < 4.78 is 0. The third-order valence-corrected chi connectivity index (χ3v) is 3.13. The lowest BCUT2D eigenvalue weighted by atomic mass is 10.0. The molecule has 1 amide bonds. The van der Waals surface area contributed by atoms with Crippen molar-refractivity contribution in [1.29, 1.82) is 0 Å². The quantitative estimate of drug-likeness (QED) is 0.757. The molecule has 0 saturated heterocycles. The van der Waals surface area contributed by atoms with Crippen LogP contribution in [0, 0.1) is 5.92 Å². The highest BCUT2D eigenvalue weighted by Crippen LogP contribution is 2.06. The Kier molecular flexibility index (Phi) is 6.85. The zero-order chi connectivity index (χ0) is 14.1. The van der Waals surface area contributed by atoms with Gasteiger partial charge in [-0.2, -0.15) is 0 Å². The van der Waals surface area contributed by atoms with Crippen LogP contribution in [0.1, 0.15) is 50.5 Å². The molecule has 0 aliphatic carbocycles. The summed E-state index contributed by atoms with van der Waals surface area (Å²) in [5.74, 6) is 1.02. The Morgan fingerprint density at radius 1 is 1.26 bits per heavy atom. The van der Waals surface area contributed by atoms with Gasteiger partial charge in [0.05, 0.1) is 12.4 Å². The summed E-state index contributed by atoms with van der Waals surface area (Å²) in [6.45, 7) is 7.87. The van der Waals surface area contributed by atoms with Crippen LogP contribution < -0.4 is 10.6 Å². The molecule has 5 nitrogen and oxygen atoms in total. The number of hydrogen-bond acceptors (Lipinski definition) is 4. The van der Waals surface area contributed by atoms with Crippen LogP contribution in [-0.4, -0.2) is 29.0 Å². The minimum atomic E-state index is -0.153. The summed E-state index contributed by atoms with van der Waals surface area (Å²) in [6.07, 6.45) is 6.28. The SMILES string of the molecule is CCCNc1cncc(C(=O)NCC(CC)CC)n1. The number of nitrogens with zero attached hydrogens (tertiary/aromatic N) is 2. The summed E-state index contributed by atoms with van der Waals surface area (Å²) in [5, 5.41) is 6.04. The Balaban J connectivity index is 2.56. The number of amides is 1. The van der Waals surface area contributed by atoms with E-state index in [1.165, 1.54) is 6.20 Å². The molecule has 1 heterocycles. The third-order valence-electron chi connectivity index (χ3n) is 3.13. The number of anilines is 1. The van der Waals surface area contributed by atoms with Gasteiger partial charge in [-0.25, -0.2) is 4.98 Å². The highest BCUT2D eigenvalue weighted by Gasteiger charge is 2.10. The van der Waals surface area contributed by atoms with E-state index in [2.05, 4.69) is 41.4 Å². The van der Waals surface area contributed by atoms with Crippen LogP contribution >= 0.6 is 0 Å². The maximum atomic E-state index is 12.0. The molecular weight excluding hydrogens is 240 g/mol. The number of carbonyl (C=O) groups is 1. The van der Waals surface area contributed by atoms with E-state index in [1.54, 1.807) is 6.20 Å². The van der Waals surface area contributed by atoms with Crippen LogP contribution in [0.4, 0.5) is 5.82 Å². The first-order chi connectivity index (χ1) is 9.21. The summed E-state index contributed by atoms with van der Waals surface area (Å²) in [6, 6.07) is 0. The van der Waals surface area contributed by atoms with Gasteiger partial charge in [0.25, 0.3) is 5.91 Å². The molecule has 0 fully saturated rings. The van der Waals surface area contributed by atoms with E-state index in [0.29, 0.717) is 24.0 Å². The topological polar surface area (TPSA) is 66.9 Å². The van der Waals surface area contributed by atoms with E-state index in [-0.39, 0.29) is 5.91 Å². The van der Waals surface area contributed by atoms with E-state index >= 15 is 0 Å². The van der Waals surface area contributed by atoms with Crippen LogP contribution in [0.2, 0.25) is 0 Å². The zero-order valence-corrected chi connectivity index (χ0v) is 12.1.